The zero-order chi connectivity index (χ0) is 13.3. The van der Waals surface area contributed by atoms with E-state index in [2.05, 4.69) is 57.0 Å². The molecule has 0 bridgehead atoms. The normalized spacial score (nSPS) is 26.1. The van der Waals surface area contributed by atoms with Crippen molar-refractivity contribution in [3.63, 3.8) is 0 Å². The minimum absolute atomic E-state index is 0.102. The van der Waals surface area contributed by atoms with E-state index in [4.69, 9.17) is 5.73 Å². The Morgan fingerprint density at radius 1 is 1.33 bits per heavy atom. The molecule has 2 rings (SSSR count). The molecule has 0 radical (unpaired) electrons. The van der Waals surface area contributed by atoms with Crippen molar-refractivity contribution in [2.45, 2.75) is 39.3 Å². The van der Waals surface area contributed by atoms with Gasteiger partial charge < -0.3 is 10.6 Å². The molecule has 0 amide bonds. The maximum Gasteiger partial charge on any atom is 0.0450 e. The standard InChI is InChI=1S/C16H26N2/c1-11-5-7-14(8-6-11)16(17)13(3)18(4)10-15-9-12(15)2/h5-8,12-13,15-16H,9-10,17H2,1-4H3. The summed E-state index contributed by atoms with van der Waals surface area (Å²) in [5.41, 5.74) is 8.91. The first-order valence-electron chi connectivity index (χ1n) is 7.01. The highest BCUT2D eigenvalue weighted by atomic mass is 15.1. The summed E-state index contributed by atoms with van der Waals surface area (Å²) in [6, 6.07) is 9.09. The Morgan fingerprint density at radius 2 is 1.89 bits per heavy atom. The quantitative estimate of drug-likeness (QED) is 0.865. The lowest BCUT2D eigenvalue weighted by Crippen LogP contribution is -2.39. The number of hydrogen-bond donors (Lipinski definition) is 1. The maximum absolute atomic E-state index is 6.38. The van der Waals surface area contributed by atoms with Gasteiger partial charge in [-0.05, 0) is 44.7 Å². The van der Waals surface area contributed by atoms with E-state index in [9.17, 15) is 0 Å². The van der Waals surface area contributed by atoms with Crippen molar-refractivity contribution < 1.29 is 0 Å². The van der Waals surface area contributed by atoms with Gasteiger partial charge in [-0.2, -0.15) is 0 Å². The molecule has 1 fully saturated rings. The fraction of sp³-hybridized carbons (Fsp3) is 0.625. The van der Waals surface area contributed by atoms with E-state index < -0.39 is 0 Å². The van der Waals surface area contributed by atoms with Crippen molar-refractivity contribution in [3.05, 3.63) is 35.4 Å². The molecule has 2 nitrogen and oxygen atoms in total. The molecule has 2 N–H and O–H groups in total. The van der Waals surface area contributed by atoms with Crippen LogP contribution in [0.1, 0.15) is 37.4 Å². The molecule has 0 saturated heterocycles. The van der Waals surface area contributed by atoms with Crippen molar-refractivity contribution in [2.24, 2.45) is 17.6 Å². The average Bonchev–Trinajstić information content (AvgIpc) is 3.04. The van der Waals surface area contributed by atoms with Crippen LogP contribution in [0.5, 0.6) is 0 Å². The van der Waals surface area contributed by atoms with Gasteiger partial charge >= 0.3 is 0 Å². The van der Waals surface area contributed by atoms with E-state index in [1.54, 1.807) is 0 Å². The SMILES string of the molecule is Cc1ccc(C(N)C(C)N(C)CC2CC2C)cc1. The van der Waals surface area contributed by atoms with Gasteiger partial charge in [0.25, 0.3) is 0 Å². The molecule has 0 heterocycles. The Kier molecular flexibility index (Phi) is 4.08. The second-order valence-corrected chi connectivity index (χ2v) is 6.09. The van der Waals surface area contributed by atoms with Crippen molar-refractivity contribution in [2.75, 3.05) is 13.6 Å². The van der Waals surface area contributed by atoms with E-state index >= 15 is 0 Å². The van der Waals surface area contributed by atoms with Crippen LogP contribution in [0.15, 0.2) is 24.3 Å². The number of nitrogens with zero attached hydrogens (tertiary/aromatic N) is 1. The topological polar surface area (TPSA) is 29.3 Å². The highest BCUT2D eigenvalue weighted by Gasteiger charge is 2.34. The highest BCUT2D eigenvalue weighted by Crippen LogP contribution is 2.38. The minimum atomic E-state index is 0.102. The van der Waals surface area contributed by atoms with E-state index in [-0.39, 0.29) is 6.04 Å². The molecule has 18 heavy (non-hydrogen) atoms. The van der Waals surface area contributed by atoms with Gasteiger partial charge in [0.05, 0.1) is 0 Å². The van der Waals surface area contributed by atoms with E-state index in [1.165, 1.54) is 24.1 Å². The van der Waals surface area contributed by atoms with Gasteiger partial charge in [0.15, 0.2) is 0 Å². The molecular formula is C16H26N2. The molecule has 0 aliphatic heterocycles. The average molecular weight is 246 g/mol. The number of aryl methyl sites for hydroxylation is 1. The lowest BCUT2D eigenvalue weighted by atomic mass is 9.99. The first kappa shape index (κ1) is 13.6. The molecule has 1 aliphatic rings. The van der Waals surface area contributed by atoms with E-state index in [1.807, 2.05) is 0 Å². The molecule has 4 unspecified atom stereocenters. The lowest BCUT2D eigenvalue weighted by molar-refractivity contribution is 0.216. The van der Waals surface area contributed by atoms with Gasteiger partial charge in [0, 0.05) is 18.6 Å². The summed E-state index contributed by atoms with van der Waals surface area (Å²) in [7, 11) is 2.20. The van der Waals surface area contributed by atoms with Crippen LogP contribution in [0.2, 0.25) is 0 Å². The summed E-state index contributed by atoms with van der Waals surface area (Å²) >= 11 is 0. The predicted molar refractivity (Wildman–Crippen MR) is 77.5 cm³/mol. The third-order valence-electron chi connectivity index (χ3n) is 4.48. The molecule has 100 valence electrons. The minimum Gasteiger partial charge on any atom is -0.323 e. The third kappa shape index (κ3) is 3.12. The molecule has 0 aromatic heterocycles. The summed E-state index contributed by atoms with van der Waals surface area (Å²) in [5.74, 6) is 1.80. The summed E-state index contributed by atoms with van der Waals surface area (Å²) in [6.07, 6.45) is 1.39. The fourth-order valence-corrected chi connectivity index (χ4v) is 2.53. The fourth-order valence-electron chi connectivity index (χ4n) is 2.53. The van der Waals surface area contributed by atoms with Crippen LogP contribution in [0.3, 0.4) is 0 Å². The molecule has 1 aromatic carbocycles. The molecule has 2 heteroatoms. The Hall–Kier alpha value is -0.860. The maximum atomic E-state index is 6.38. The van der Waals surface area contributed by atoms with Crippen LogP contribution in [-0.2, 0) is 0 Å². The highest BCUT2D eigenvalue weighted by molar-refractivity contribution is 5.24. The molecular weight excluding hydrogens is 220 g/mol. The zero-order valence-electron chi connectivity index (χ0n) is 12.1. The smallest absolute Gasteiger partial charge is 0.0450 e. The molecule has 0 spiro atoms. The Bertz CT molecular complexity index is 385. The van der Waals surface area contributed by atoms with Gasteiger partial charge in [-0.1, -0.05) is 36.8 Å². The van der Waals surface area contributed by atoms with Crippen molar-refractivity contribution in [3.8, 4) is 0 Å². The van der Waals surface area contributed by atoms with Crippen LogP contribution in [0.4, 0.5) is 0 Å². The van der Waals surface area contributed by atoms with Crippen LogP contribution in [-0.4, -0.2) is 24.5 Å². The Labute approximate surface area is 111 Å². The summed E-state index contributed by atoms with van der Waals surface area (Å²) in [6.45, 7) is 7.86. The Morgan fingerprint density at radius 3 is 2.39 bits per heavy atom. The van der Waals surface area contributed by atoms with Crippen molar-refractivity contribution in [1.82, 2.24) is 4.90 Å². The molecule has 4 atom stereocenters. The molecule has 1 aliphatic carbocycles. The van der Waals surface area contributed by atoms with Crippen LogP contribution in [0, 0.1) is 18.8 Å². The zero-order valence-corrected chi connectivity index (χ0v) is 12.1. The lowest BCUT2D eigenvalue weighted by Gasteiger charge is -2.30. The largest absolute Gasteiger partial charge is 0.323 e. The number of benzene rings is 1. The molecule has 1 saturated carbocycles. The third-order valence-corrected chi connectivity index (χ3v) is 4.48. The first-order valence-corrected chi connectivity index (χ1v) is 7.01. The number of rotatable bonds is 5. The van der Waals surface area contributed by atoms with Gasteiger partial charge in [0.2, 0.25) is 0 Å². The number of nitrogens with two attached hydrogens (primary N) is 1. The van der Waals surface area contributed by atoms with Crippen LogP contribution >= 0.6 is 0 Å². The van der Waals surface area contributed by atoms with Gasteiger partial charge in [-0.15, -0.1) is 0 Å². The van der Waals surface area contributed by atoms with Gasteiger partial charge in [-0.3, -0.25) is 0 Å². The second-order valence-electron chi connectivity index (χ2n) is 6.09. The van der Waals surface area contributed by atoms with Crippen molar-refractivity contribution >= 4 is 0 Å². The number of likely N-dealkylation sites (N-methyl/N-ethyl adjacent to an activating group) is 1. The van der Waals surface area contributed by atoms with Crippen LogP contribution in [0.25, 0.3) is 0 Å². The summed E-state index contributed by atoms with van der Waals surface area (Å²) in [5, 5.41) is 0. The van der Waals surface area contributed by atoms with Gasteiger partial charge in [0.1, 0.15) is 0 Å². The van der Waals surface area contributed by atoms with Gasteiger partial charge in [-0.25, -0.2) is 0 Å². The summed E-state index contributed by atoms with van der Waals surface area (Å²) < 4.78 is 0. The van der Waals surface area contributed by atoms with Crippen LogP contribution < -0.4 is 5.73 Å². The van der Waals surface area contributed by atoms with Crippen molar-refractivity contribution in [1.29, 1.82) is 0 Å². The Balaban J connectivity index is 1.94. The van der Waals surface area contributed by atoms with E-state index in [0.29, 0.717) is 6.04 Å². The second kappa shape index (κ2) is 5.41. The monoisotopic (exact) mass is 246 g/mol. The predicted octanol–water partition coefficient (Wildman–Crippen LogP) is 2.97. The van der Waals surface area contributed by atoms with E-state index in [0.717, 1.165) is 11.8 Å². The first-order chi connectivity index (χ1) is 8.49. The number of hydrogen-bond acceptors (Lipinski definition) is 2. The molecule has 1 aromatic rings. The summed E-state index contributed by atoms with van der Waals surface area (Å²) in [4.78, 5) is 2.42.